The number of hydrogen-bond acceptors (Lipinski definition) is 4. The summed E-state index contributed by atoms with van der Waals surface area (Å²) in [7, 11) is 1.75. The molecule has 0 aliphatic heterocycles. The number of nitrogens with zero attached hydrogens (tertiary/aromatic N) is 1. The van der Waals surface area contributed by atoms with Crippen molar-refractivity contribution < 1.29 is 19.1 Å². The molecule has 182 valence electrons. The minimum absolute atomic E-state index is 0.176. The van der Waals surface area contributed by atoms with Crippen LogP contribution in [-0.2, 0) is 6.54 Å². The van der Waals surface area contributed by atoms with Crippen molar-refractivity contribution in [2.24, 2.45) is 0 Å². The summed E-state index contributed by atoms with van der Waals surface area (Å²) in [6.45, 7) is 1.19. The van der Waals surface area contributed by atoms with Crippen LogP contribution in [0.1, 0.15) is 26.3 Å². The van der Waals surface area contributed by atoms with Gasteiger partial charge in [0.25, 0.3) is 11.8 Å². The Morgan fingerprint density at radius 2 is 1.33 bits per heavy atom. The molecule has 1 N–H and O–H groups in total. The highest BCUT2D eigenvalue weighted by molar-refractivity contribution is 6.09. The molecule has 0 aromatic heterocycles. The van der Waals surface area contributed by atoms with Gasteiger partial charge >= 0.3 is 0 Å². The lowest BCUT2D eigenvalue weighted by Crippen LogP contribution is -2.27. The molecule has 6 heteroatoms. The lowest BCUT2D eigenvalue weighted by Gasteiger charge is -2.19. The van der Waals surface area contributed by atoms with E-state index in [0.717, 1.165) is 11.3 Å². The molecule has 0 spiro atoms. The average Bonchev–Trinajstić information content (AvgIpc) is 2.92. The summed E-state index contributed by atoms with van der Waals surface area (Å²) in [6.07, 6.45) is 0. The second kappa shape index (κ2) is 12.2. The van der Waals surface area contributed by atoms with Crippen molar-refractivity contribution in [1.82, 2.24) is 4.90 Å². The van der Waals surface area contributed by atoms with Gasteiger partial charge in [0.15, 0.2) is 0 Å². The second-order valence-corrected chi connectivity index (χ2v) is 8.18. The van der Waals surface area contributed by atoms with E-state index >= 15 is 0 Å². The van der Waals surface area contributed by atoms with Gasteiger partial charge in [-0.1, -0.05) is 66.7 Å². The molecule has 6 nitrogen and oxygen atoms in total. The van der Waals surface area contributed by atoms with Gasteiger partial charge < -0.3 is 19.7 Å². The van der Waals surface area contributed by atoms with Gasteiger partial charge in [-0.25, -0.2) is 0 Å². The van der Waals surface area contributed by atoms with Crippen molar-refractivity contribution in [3.63, 3.8) is 0 Å². The van der Waals surface area contributed by atoms with E-state index in [1.54, 1.807) is 60.5 Å². The van der Waals surface area contributed by atoms with Gasteiger partial charge in [0.1, 0.15) is 24.7 Å². The molecule has 4 rings (SSSR count). The molecule has 0 saturated heterocycles. The Morgan fingerprint density at radius 1 is 0.722 bits per heavy atom. The summed E-state index contributed by atoms with van der Waals surface area (Å²) >= 11 is 0. The zero-order valence-electron chi connectivity index (χ0n) is 20.1. The Labute approximate surface area is 211 Å². The number of carbonyl (C=O) groups excluding carboxylic acids is 2. The maximum absolute atomic E-state index is 13.1. The standard InChI is InChI=1S/C30H28N2O4/c1-32(22-23-11-4-2-5-12-23)30(34)27-17-8-9-18-28(27)31-29(33)24-13-10-16-26(21-24)36-20-19-35-25-14-6-3-7-15-25/h2-18,21H,19-20,22H2,1H3,(H,31,33). The largest absolute Gasteiger partial charge is 0.490 e. The maximum Gasteiger partial charge on any atom is 0.256 e. The van der Waals surface area contributed by atoms with E-state index in [1.807, 2.05) is 60.7 Å². The van der Waals surface area contributed by atoms with E-state index in [9.17, 15) is 9.59 Å². The number of carbonyl (C=O) groups is 2. The van der Waals surface area contributed by atoms with Crippen LogP contribution in [0.3, 0.4) is 0 Å². The first-order chi connectivity index (χ1) is 17.6. The zero-order valence-corrected chi connectivity index (χ0v) is 20.1. The predicted octanol–water partition coefficient (Wildman–Crippen LogP) is 5.67. The van der Waals surface area contributed by atoms with E-state index < -0.39 is 0 Å². The number of anilines is 1. The van der Waals surface area contributed by atoms with Crippen molar-refractivity contribution in [2.45, 2.75) is 6.54 Å². The zero-order chi connectivity index (χ0) is 25.2. The number of nitrogens with one attached hydrogen (secondary N) is 1. The fraction of sp³-hybridized carbons (Fsp3) is 0.133. The van der Waals surface area contributed by atoms with Crippen LogP contribution in [0.25, 0.3) is 0 Å². The van der Waals surface area contributed by atoms with E-state index in [0.29, 0.717) is 42.3 Å². The van der Waals surface area contributed by atoms with Crippen LogP contribution in [0.4, 0.5) is 5.69 Å². The monoisotopic (exact) mass is 480 g/mol. The molecule has 0 aliphatic carbocycles. The Kier molecular flexibility index (Phi) is 8.33. The Morgan fingerprint density at radius 3 is 2.08 bits per heavy atom. The van der Waals surface area contributed by atoms with Gasteiger partial charge in [0.05, 0.1) is 11.3 Å². The SMILES string of the molecule is CN(Cc1ccccc1)C(=O)c1ccccc1NC(=O)c1cccc(OCCOc2ccccc2)c1. The molecule has 0 saturated carbocycles. The molecule has 0 heterocycles. The molecule has 2 amide bonds. The number of para-hydroxylation sites is 2. The molecule has 0 aliphatic rings. The van der Waals surface area contributed by atoms with Gasteiger partial charge in [-0.2, -0.15) is 0 Å². The normalized spacial score (nSPS) is 10.4. The average molecular weight is 481 g/mol. The highest BCUT2D eigenvalue weighted by Crippen LogP contribution is 2.20. The fourth-order valence-corrected chi connectivity index (χ4v) is 3.67. The fourth-order valence-electron chi connectivity index (χ4n) is 3.67. The highest BCUT2D eigenvalue weighted by Gasteiger charge is 2.18. The summed E-state index contributed by atoms with van der Waals surface area (Å²) in [4.78, 5) is 27.8. The molecular weight excluding hydrogens is 452 g/mol. The third-order valence-electron chi connectivity index (χ3n) is 5.48. The van der Waals surface area contributed by atoms with Crippen LogP contribution in [0.2, 0.25) is 0 Å². The molecule has 0 unspecified atom stereocenters. The maximum atomic E-state index is 13.1. The molecule has 0 fully saturated rings. The summed E-state index contributed by atoms with van der Waals surface area (Å²) < 4.78 is 11.4. The summed E-state index contributed by atoms with van der Waals surface area (Å²) in [6, 6.07) is 33.2. The van der Waals surface area contributed by atoms with Crippen LogP contribution in [0.15, 0.2) is 109 Å². The number of hydrogen-bond donors (Lipinski definition) is 1. The Balaban J connectivity index is 1.37. The topological polar surface area (TPSA) is 67.9 Å². The molecule has 0 radical (unpaired) electrons. The van der Waals surface area contributed by atoms with Crippen LogP contribution >= 0.6 is 0 Å². The van der Waals surface area contributed by atoms with Crippen LogP contribution in [0.5, 0.6) is 11.5 Å². The Bertz CT molecular complexity index is 1290. The third-order valence-corrected chi connectivity index (χ3v) is 5.48. The van der Waals surface area contributed by atoms with Crippen molar-refractivity contribution in [3.8, 4) is 11.5 Å². The van der Waals surface area contributed by atoms with Gasteiger partial charge in [-0.15, -0.1) is 0 Å². The lowest BCUT2D eigenvalue weighted by atomic mass is 10.1. The van der Waals surface area contributed by atoms with Gasteiger partial charge in [0.2, 0.25) is 0 Å². The van der Waals surface area contributed by atoms with E-state index in [1.165, 1.54) is 0 Å². The molecule has 4 aromatic carbocycles. The predicted molar refractivity (Wildman–Crippen MR) is 141 cm³/mol. The number of ether oxygens (including phenoxy) is 2. The van der Waals surface area contributed by atoms with E-state index in [2.05, 4.69) is 5.32 Å². The minimum atomic E-state index is -0.327. The molecule has 0 bridgehead atoms. The lowest BCUT2D eigenvalue weighted by molar-refractivity contribution is 0.0786. The van der Waals surface area contributed by atoms with Gasteiger partial charge in [-0.3, -0.25) is 9.59 Å². The summed E-state index contributed by atoms with van der Waals surface area (Å²) in [5.41, 5.74) is 2.34. The molecule has 36 heavy (non-hydrogen) atoms. The van der Waals surface area contributed by atoms with Crippen LogP contribution in [0, 0.1) is 0 Å². The minimum Gasteiger partial charge on any atom is -0.490 e. The summed E-state index contributed by atoms with van der Waals surface area (Å²) in [5, 5.41) is 2.88. The van der Waals surface area contributed by atoms with Crippen molar-refractivity contribution in [2.75, 3.05) is 25.6 Å². The molecule has 4 aromatic rings. The second-order valence-electron chi connectivity index (χ2n) is 8.18. The number of benzene rings is 4. The quantitative estimate of drug-likeness (QED) is 0.297. The first-order valence-corrected chi connectivity index (χ1v) is 11.7. The van der Waals surface area contributed by atoms with Crippen LogP contribution < -0.4 is 14.8 Å². The van der Waals surface area contributed by atoms with Crippen molar-refractivity contribution >= 4 is 17.5 Å². The van der Waals surface area contributed by atoms with Crippen molar-refractivity contribution in [3.05, 3.63) is 126 Å². The number of amides is 2. The first kappa shape index (κ1) is 24.5. The van der Waals surface area contributed by atoms with Gasteiger partial charge in [-0.05, 0) is 48.0 Å². The highest BCUT2D eigenvalue weighted by atomic mass is 16.5. The third kappa shape index (κ3) is 6.73. The van der Waals surface area contributed by atoms with Crippen molar-refractivity contribution in [1.29, 1.82) is 0 Å². The summed E-state index contributed by atoms with van der Waals surface area (Å²) in [5.74, 6) is 0.834. The molecular formula is C30H28N2O4. The van der Waals surface area contributed by atoms with Crippen LogP contribution in [-0.4, -0.2) is 37.0 Å². The first-order valence-electron chi connectivity index (χ1n) is 11.7. The van der Waals surface area contributed by atoms with E-state index in [-0.39, 0.29) is 11.8 Å². The smallest absolute Gasteiger partial charge is 0.256 e. The number of rotatable bonds is 10. The van der Waals surface area contributed by atoms with E-state index in [4.69, 9.17) is 9.47 Å². The van der Waals surface area contributed by atoms with Gasteiger partial charge in [0, 0.05) is 19.2 Å². The Hall–Kier alpha value is -4.58. The molecule has 0 atom stereocenters.